The lowest BCUT2D eigenvalue weighted by molar-refractivity contribution is -0.120. The molecule has 0 aromatic heterocycles. The van der Waals surface area contributed by atoms with Crippen LogP contribution in [0.4, 0.5) is 0 Å². The first-order valence-electron chi connectivity index (χ1n) is 3.76. The lowest BCUT2D eigenvalue weighted by atomic mass is 9.62. The molecule has 1 aliphatic rings. The molecule has 0 aromatic carbocycles. The molecule has 0 radical (unpaired) electrons. The molecule has 3 unspecified atom stereocenters. The third-order valence-electron chi connectivity index (χ3n) is 2.78. The minimum absolute atomic E-state index is 0.378. The standard InChI is InChI=1S/C9H14O/c1-4-5-9(10)6-7(2)8(9)3/h1,7-8,10H,5-6H2,2-3H3. The van der Waals surface area contributed by atoms with Crippen LogP contribution in [0, 0.1) is 24.2 Å². The lowest BCUT2D eigenvalue weighted by Crippen LogP contribution is -2.51. The summed E-state index contributed by atoms with van der Waals surface area (Å²) in [6, 6.07) is 0. The van der Waals surface area contributed by atoms with Crippen molar-refractivity contribution in [2.75, 3.05) is 0 Å². The van der Waals surface area contributed by atoms with Crippen LogP contribution in [-0.4, -0.2) is 10.7 Å². The largest absolute Gasteiger partial charge is 0.389 e. The van der Waals surface area contributed by atoms with Gasteiger partial charge in [0.2, 0.25) is 0 Å². The molecule has 1 nitrogen and oxygen atoms in total. The van der Waals surface area contributed by atoms with E-state index >= 15 is 0 Å². The zero-order valence-corrected chi connectivity index (χ0v) is 6.59. The Morgan fingerprint density at radius 2 is 2.30 bits per heavy atom. The predicted molar refractivity (Wildman–Crippen MR) is 41.3 cm³/mol. The number of terminal acetylenes is 1. The van der Waals surface area contributed by atoms with Crippen molar-refractivity contribution in [2.24, 2.45) is 11.8 Å². The van der Waals surface area contributed by atoms with Gasteiger partial charge in [0.25, 0.3) is 0 Å². The van der Waals surface area contributed by atoms with E-state index in [-0.39, 0.29) is 0 Å². The highest BCUT2D eigenvalue weighted by Crippen LogP contribution is 2.45. The zero-order chi connectivity index (χ0) is 7.78. The fourth-order valence-electron chi connectivity index (χ4n) is 1.70. The van der Waals surface area contributed by atoms with Gasteiger partial charge in [-0.1, -0.05) is 13.8 Å². The molecule has 1 heteroatoms. The Bertz CT molecular complexity index is 168. The molecule has 56 valence electrons. The predicted octanol–water partition coefficient (Wildman–Crippen LogP) is 1.42. The molecule has 1 rings (SSSR count). The van der Waals surface area contributed by atoms with Crippen molar-refractivity contribution in [1.29, 1.82) is 0 Å². The molecule has 0 saturated heterocycles. The first kappa shape index (κ1) is 7.63. The van der Waals surface area contributed by atoms with Crippen molar-refractivity contribution >= 4 is 0 Å². The topological polar surface area (TPSA) is 20.2 Å². The molecular weight excluding hydrogens is 124 g/mol. The Morgan fingerprint density at radius 1 is 1.70 bits per heavy atom. The Labute approximate surface area is 62.4 Å². The summed E-state index contributed by atoms with van der Waals surface area (Å²) in [7, 11) is 0. The van der Waals surface area contributed by atoms with Gasteiger partial charge in [0.05, 0.1) is 5.60 Å². The van der Waals surface area contributed by atoms with Crippen molar-refractivity contribution in [3.63, 3.8) is 0 Å². The Morgan fingerprint density at radius 3 is 2.60 bits per heavy atom. The Balaban J connectivity index is 2.51. The van der Waals surface area contributed by atoms with Gasteiger partial charge in [0.1, 0.15) is 0 Å². The molecule has 0 spiro atoms. The second kappa shape index (κ2) is 2.29. The van der Waals surface area contributed by atoms with Crippen LogP contribution in [0.2, 0.25) is 0 Å². The number of rotatable bonds is 1. The van der Waals surface area contributed by atoms with Gasteiger partial charge in [0.15, 0.2) is 0 Å². The molecule has 0 heterocycles. The summed E-state index contributed by atoms with van der Waals surface area (Å²) in [6.45, 7) is 4.21. The summed E-state index contributed by atoms with van der Waals surface area (Å²) in [5.74, 6) is 3.53. The third-order valence-corrected chi connectivity index (χ3v) is 2.78. The van der Waals surface area contributed by atoms with Crippen molar-refractivity contribution in [1.82, 2.24) is 0 Å². The molecule has 0 aliphatic heterocycles. The maximum absolute atomic E-state index is 9.71. The summed E-state index contributed by atoms with van der Waals surface area (Å²) >= 11 is 0. The van der Waals surface area contributed by atoms with E-state index < -0.39 is 5.60 Å². The van der Waals surface area contributed by atoms with E-state index in [2.05, 4.69) is 19.8 Å². The molecule has 0 amide bonds. The highest BCUT2D eigenvalue weighted by Gasteiger charge is 2.46. The fourth-order valence-corrected chi connectivity index (χ4v) is 1.70. The maximum Gasteiger partial charge on any atom is 0.0786 e. The molecule has 1 N–H and O–H groups in total. The van der Waals surface area contributed by atoms with Crippen LogP contribution in [0.3, 0.4) is 0 Å². The van der Waals surface area contributed by atoms with Crippen molar-refractivity contribution < 1.29 is 5.11 Å². The molecule has 1 saturated carbocycles. The average Bonchev–Trinajstić information content (AvgIpc) is 1.88. The normalized spacial score (nSPS) is 45.8. The number of hydrogen-bond acceptors (Lipinski definition) is 1. The van der Waals surface area contributed by atoms with Crippen molar-refractivity contribution in [2.45, 2.75) is 32.3 Å². The average molecular weight is 138 g/mol. The van der Waals surface area contributed by atoms with E-state index in [0.29, 0.717) is 18.3 Å². The second-order valence-electron chi connectivity index (χ2n) is 3.45. The van der Waals surface area contributed by atoms with E-state index in [1.54, 1.807) is 0 Å². The monoisotopic (exact) mass is 138 g/mol. The van der Waals surface area contributed by atoms with Crippen LogP contribution in [0.1, 0.15) is 26.7 Å². The van der Waals surface area contributed by atoms with Crippen LogP contribution >= 0.6 is 0 Å². The smallest absolute Gasteiger partial charge is 0.0786 e. The second-order valence-corrected chi connectivity index (χ2v) is 3.45. The van der Waals surface area contributed by atoms with E-state index in [1.165, 1.54) is 0 Å². The summed E-state index contributed by atoms with van der Waals surface area (Å²) in [5, 5.41) is 9.71. The summed E-state index contributed by atoms with van der Waals surface area (Å²) in [4.78, 5) is 0. The van der Waals surface area contributed by atoms with Gasteiger partial charge < -0.3 is 5.11 Å². The number of aliphatic hydroxyl groups is 1. The van der Waals surface area contributed by atoms with Gasteiger partial charge in [-0.25, -0.2) is 0 Å². The van der Waals surface area contributed by atoms with E-state index in [4.69, 9.17) is 6.42 Å². The first-order chi connectivity index (χ1) is 4.60. The van der Waals surface area contributed by atoms with Crippen LogP contribution < -0.4 is 0 Å². The van der Waals surface area contributed by atoms with E-state index in [9.17, 15) is 5.11 Å². The molecule has 10 heavy (non-hydrogen) atoms. The van der Waals surface area contributed by atoms with Crippen LogP contribution in [0.25, 0.3) is 0 Å². The van der Waals surface area contributed by atoms with Gasteiger partial charge in [-0.3, -0.25) is 0 Å². The summed E-state index contributed by atoms with van der Waals surface area (Å²) in [5.41, 5.74) is -0.534. The lowest BCUT2D eigenvalue weighted by Gasteiger charge is -2.48. The van der Waals surface area contributed by atoms with Crippen LogP contribution in [0.15, 0.2) is 0 Å². The molecule has 0 bridgehead atoms. The molecule has 1 aliphatic carbocycles. The summed E-state index contributed by atoms with van der Waals surface area (Å²) < 4.78 is 0. The van der Waals surface area contributed by atoms with Crippen LogP contribution in [-0.2, 0) is 0 Å². The molecule has 1 fully saturated rings. The maximum atomic E-state index is 9.71. The Kier molecular flexibility index (Phi) is 1.74. The highest BCUT2D eigenvalue weighted by molar-refractivity contribution is 5.05. The molecule has 3 atom stereocenters. The van der Waals surface area contributed by atoms with Gasteiger partial charge in [-0.05, 0) is 18.3 Å². The van der Waals surface area contributed by atoms with Gasteiger partial charge in [-0.15, -0.1) is 12.3 Å². The van der Waals surface area contributed by atoms with Gasteiger partial charge in [0, 0.05) is 6.42 Å². The van der Waals surface area contributed by atoms with E-state index in [1.807, 2.05) is 0 Å². The SMILES string of the molecule is C#CCC1(O)CC(C)C1C. The number of hydrogen-bond donors (Lipinski definition) is 1. The Hall–Kier alpha value is -0.480. The fraction of sp³-hybridized carbons (Fsp3) is 0.778. The zero-order valence-electron chi connectivity index (χ0n) is 6.59. The quantitative estimate of drug-likeness (QED) is 0.543. The highest BCUT2D eigenvalue weighted by atomic mass is 16.3. The van der Waals surface area contributed by atoms with Gasteiger partial charge in [-0.2, -0.15) is 0 Å². The summed E-state index contributed by atoms with van der Waals surface area (Å²) in [6.07, 6.45) is 6.51. The third kappa shape index (κ3) is 0.932. The minimum Gasteiger partial charge on any atom is -0.389 e. The van der Waals surface area contributed by atoms with Crippen LogP contribution in [0.5, 0.6) is 0 Å². The molecule has 0 aromatic rings. The minimum atomic E-state index is -0.534. The molecular formula is C9H14O. The van der Waals surface area contributed by atoms with E-state index in [0.717, 1.165) is 6.42 Å². The van der Waals surface area contributed by atoms with Crippen molar-refractivity contribution in [3.8, 4) is 12.3 Å². The first-order valence-corrected chi connectivity index (χ1v) is 3.76. The van der Waals surface area contributed by atoms with Gasteiger partial charge >= 0.3 is 0 Å². The van der Waals surface area contributed by atoms with Crippen molar-refractivity contribution in [3.05, 3.63) is 0 Å².